The molecule has 0 amide bonds. The number of hydrogen-bond acceptors (Lipinski definition) is 5. The van der Waals surface area contributed by atoms with Crippen molar-refractivity contribution in [1.82, 2.24) is 15.2 Å². The maximum atomic E-state index is 5.68. The van der Waals surface area contributed by atoms with Gasteiger partial charge in [-0.15, -0.1) is 5.10 Å². The lowest BCUT2D eigenvalue weighted by molar-refractivity contribution is 0.587. The summed E-state index contributed by atoms with van der Waals surface area (Å²) in [5, 5.41) is 8.37. The molecule has 0 bridgehead atoms. The molecule has 17 heavy (non-hydrogen) atoms. The van der Waals surface area contributed by atoms with Gasteiger partial charge in [-0.05, 0) is 26.7 Å². The van der Waals surface area contributed by atoms with E-state index in [1.165, 1.54) is 25.7 Å². The van der Waals surface area contributed by atoms with E-state index in [1.807, 2.05) is 13.8 Å². The van der Waals surface area contributed by atoms with Gasteiger partial charge in [-0.1, -0.05) is 12.8 Å². The van der Waals surface area contributed by atoms with E-state index in [2.05, 4.69) is 20.1 Å². The molecule has 5 nitrogen and oxygen atoms in total. The number of nitrogens with zero attached hydrogens (tertiary/aromatic N) is 4. The monoisotopic (exact) mass is 235 g/mol. The first-order valence-electron chi connectivity index (χ1n) is 6.37. The molecule has 1 aromatic rings. The number of rotatable bonds is 4. The minimum Gasteiger partial charge on any atom is -0.335 e. The Labute approximate surface area is 102 Å². The second-order valence-electron chi connectivity index (χ2n) is 4.70. The van der Waals surface area contributed by atoms with Gasteiger partial charge >= 0.3 is 0 Å². The van der Waals surface area contributed by atoms with Crippen molar-refractivity contribution in [2.45, 2.75) is 45.6 Å². The molecular weight excluding hydrogens is 214 g/mol. The summed E-state index contributed by atoms with van der Waals surface area (Å²) < 4.78 is 0. The maximum Gasteiger partial charge on any atom is 0.245 e. The summed E-state index contributed by atoms with van der Waals surface area (Å²) in [4.78, 5) is 6.76. The zero-order chi connectivity index (χ0) is 12.3. The third-order valence-electron chi connectivity index (χ3n) is 3.47. The van der Waals surface area contributed by atoms with Crippen molar-refractivity contribution in [3.05, 3.63) is 11.4 Å². The number of aryl methyl sites for hydroxylation is 2. The van der Waals surface area contributed by atoms with Crippen molar-refractivity contribution in [3.8, 4) is 0 Å². The van der Waals surface area contributed by atoms with Crippen LogP contribution in [0.25, 0.3) is 0 Å². The summed E-state index contributed by atoms with van der Waals surface area (Å²) in [6.45, 7) is 5.35. The van der Waals surface area contributed by atoms with E-state index in [-0.39, 0.29) is 0 Å². The topological polar surface area (TPSA) is 67.9 Å². The minimum absolute atomic E-state index is 0.544. The summed E-state index contributed by atoms with van der Waals surface area (Å²) in [7, 11) is 0. The van der Waals surface area contributed by atoms with Crippen molar-refractivity contribution < 1.29 is 0 Å². The molecule has 1 aliphatic rings. The smallest absolute Gasteiger partial charge is 0.245 e. The van der Waals surface area contributed by atoms with E-state index in [9.17, 15) is 0 Å². The number of anilines is 1. The van der Waals surface area contributed by atoms with E-state index in [0.29, 0.717) is 12.6 Å². The van der Waals surface area contributed by atoms with Crippen LogP contribution in [0.5, 0.6) is 0 Å². The molecule has 0 radical (unpaired) electrons. The molecule has 5 heteroatoms. The third-order valence-corrected chi connectivity index (χ3v) is 3.47. The van der Waals surface area contributed by atoms with E-state index in [0.717, 1.165) is 23.9 Å². The summed E-state index contributed by atoms with van der Waals surface area (Å²) in [6, 6.07) is 0.544. The summed E-state index contributed by atoms with van der Waals surface area (Å²) >= 11 is 0. The Hall–Kier alpha value is -1.23. The van der Waals surface area contributed by atoms with Crippen molar-refractivity contribution in [2.75, 3.05) is 18.0 Å². The van der Waals surface area contributed by atoms with E-state index >= 15 is 0 Å². The molecule has 2 rings (SSSR count). The van der Waals surface area contributed by atoms with Gasteiger partial charge in [0.2, 0.25) is 5.95 Å². The number of hydrogen-bond donors (Lipinski definition) is 1. The molecule has 0 unspecified atom stereocenters. The number of nitrogens with two attached hydrogens (primary N) is 1. The Morgan fingerprint density at radius 3 is 2.47 bits per heavy atom. The SMILES string of the molecule is Cc1nnc(N(CCN)C2CCCC2)nc1C. The van der Waals surface area contributed by atoms with Crippen molar-refractivity contribution in [3.63, 3.8) is 0 Å². The highest BCUT2D eigenvalue weighted by Crippen LogP contribution is 2.25. The first-order chi connectivity index (χ1) is 8.22. The maximum absolute atomic E-state index is 5.68. The lowest BCUT2D eigenvalue weighted by Crippen LogP contribution is -2.38. The Morgan fingerprint density at radius 1 is 1.18 bits per heavy atom. The van der Waals surface area contributed by atoms with E-state index in [1.54, 1.807) is 0 Å². The minimum atomic E-state index is 0.544. The lowest BCUT2D eigenvalue weighted by atomic mass is 10.2. The van der Waals surface area contributed by atoms with Gasteiger partial charge in [0, 0.05) is 19.1 Å². The van der Waals surface area contributed by atoms with Crippen LogP contribution in [0, 0.1) is 13.8 Å². The van der Waals surface area contributed by atoms with Gasteiger partial charge in [-0.25, -0.2) is 4.98 Å². The fourth-order valence-corrected chi connectivity index (χ4v) is 2.37. The Bertz CT molecular complexity index is 373. The van der Waals surface area contributed by atoms with Crippen LogP contribution in [0.1, 0.15) is 37.1 Å². The summed E-state index contributed by atoms with van der Waals surface area (Å²) in [5.41, 5.74) is 7.53. The van der Waals surface area contributed by atoms with Crippen LogP contribution in [0.3, 0.4) is 0 Å². The normalized spacial score (nSPS) is 16.4. The molecule has 0 atom stereocenters. The molecule has 2 N–H and O–H groups in total. The standard InChI is InChI=1S/C12H21N5/c1-9-10(2)15-16-12(14-9)17(8-7-13)11-5-3-4-6-11/h11H,3-8,13H2,1-2H3. The molecule has 0 aromatic carbocycles. The van der Waals surface area contributed by atoms with Gasteiger partial charge in [-0.2, -0.15) is 5.10 Å². The fraction of sp³-hybridized carbons (Fsp3) is 0.750. The van der Waals surface area contributed by atoms with Gasteiger partial charge in [0.25, 0.3) is 0 Å². The second kappa shape index (κ2) is 5.40. The molecule has 1 fully saturated rings. The van der Waals surface area contributed by atoms with Crippen LogP contribution >= 0.6 is 0 Å². The number of aromatic nitrogens is 3. The molecule has 1 heterocycles. The molecule has 1 aliphatic carbocycles. The van der Waals surface area contributed by atoms with Crippen LogP contribution in [-0.4, -0.2) is 34.3 Å². The molecule has 1 saturated carbocycles. The van der Waals surface area contributed by atoms with Crippen LogP contribution < -0.4 is 10.6 Å². The predicted molar refractivity (Wildman–Crippen MR) is 68.0 cm³/mol. The van der Waals surface area contributed by atoms with Crippen LogP contribution in [-0.2, 0) is 0 Å². The van der Waals surface area contributed by atoms with Gasteiger partial charge in [0.05, 0.1) is 11.4 Å². The van der Waals surface area contributed by atoms with Crippen molar-refractivity contribution >= 4 is 5.95 Å². The van der Waals surface area contributed by atoms with E-state index in [4.69, 9.17) is 5.73 Å². The second-order valence-corrected chi connectivity index (χ2v) is 4.70. The van der Waals surface area contributed by atoms with E-state index < -0.39 is 0 Å². The van der Waals surface area contributed by atoms with Gasteiger partial charge in [0.15, 0.2) is 0 Å². The molecule has 0 aliphatic heterocycles. The zero-order valence-corrected chi connectivity index (χ0v) is 10.7. The van der Waals surface area contributed by atoms with Crippen molar-refractivity contribution in [2.24, 2.45) is 5.73 Å². The molecule has 0 spiro atoms. The van der Waals surface area contributed by atoms with Crippen molar-refractivity contribution in [1.29, 1.82) is 0 Å². The first kappa shape index (κ1) is 12.2. The largest absolute Gasteiger partial charge is 0.335 e. The fourth-order valence-electron chi connectivity index (χ4n) is 2.37. The van der Waals surface area contributed by atoms with Gasteiger partial charge < -0.3 is 10.6 Å². The average molecular weight is 235 g/mol. The summed E-state index contributed by atoms with van der Waals surface area (Å²) in [6.07, 6.45) is 5.03. The highest BCUT2D eigenvalue weighted by Gasteiger charge is 2.24. The van der Waals surface area contributed by atoms with Gasteiger partial charge in [0.1, 0.15) is 0 Å². The quantitative estimate of drug-likeness (QED) is 0.849. The molecule has 94 valence electrons. The predicted octanol–water partition coefficient (Wildman–Crippen LogP) is 1.20. The molecule has 0 saturated heterocycles. The van der Waals surface area contributed by atoms with Crippen LogP contribution in [0.2, 0.25) is 0 Å². The first-order valence-corrected chi connectivity index (χ1v) is 6.37. The zero-order valence-electron chi connectivity index (χ0n) is 10.7. The highest BCUT2D eigenvalue weighted by molar-refractivity contribution is 5.32. The molecule has 1 aromatic heterocycles. The Kier molecular flexibility index (Phi) is 3.89. The average Bonchev–Trinajstić information content (AvgIpc) is 2.83. The Balaban J connectivity index is 2.21. The van der Waals surface area contributed by atoms with Crippen LogP contribution in [0.4, 0.5) is 5.95 Å². The highest BCUT2D eigenvalue weighted by atomic mass is 15.3. The lowest BCUT2D eigenvalue weighted by Gasteiger charge is -2.28. The van der Waals surface area contributed by atoms with Gasteiger partial charge in [-0.3, -0.25) is 0 Å². The molecular formula is C12H21N5. The summed E-state index contributed by atoms with van der Waals surface area (Å²) in [5.74, 6) is 0.741. The van der Waals surface area contributed by atoms with Crippen LogP contribution in [0.15, 0.2) is 0 Å². The Morgan fingerprint density at radius 2 is 1.88 bits per heavy atom. The third kappa shape index (κ3) is 2.72.